The summed E-state index contributed by atoms with van der Waals surface area (Å²) in [6, 6.07) is 13.9. The highest BCUT2D eigenvalue weighted by Crippen LogP contribution is 2.27. The number of oxime groups is 1. The Morgan fingerprint density at radius 3 is 2.42 bits per heavy atom. The molecule has 0 aromatic heterocycles. The summed E-state index contributed by atoms with van der Waals surface area (Å²) in [5, 5.41) is 3.61. The number of para-hydroxylation sites is 1. The smallest absolute Gasteiger partial charge is 0.372 e. The molecule has 0 radical (unpaired) electrons. The third-order valence-electron chi connectivity index (χ3n) is 3.03. The topological polar surface area (TPSA) is 92.4 Å². The second-order valence-electron chi connectivity index (χ2n) is 4.61. The molecule has 2 rings (SSSR count). The molecule has 0 atom stereocenters. The normalized spacial score (nSPS) is 10.8. The highest BCUT2D eigenvalue weighted by molar-refractivity contribution is 5.98. The van der Waals surface area contributed by atoms with Gasteiger partial charge in [0.25, 0.3) is 0 Å². The molecule has 0 saturated carbocycles. The maximum absolute atomic E-state index is 11.6. The fourth-order valence-electron chi connectivity index (χ4n) is 1.83. The van der Waals surface area contributed by atoms with E-state index in [1.165, 1.54) is 14.2 Å². The largest absolute Gasteiger partial charge is 0.493 e. The Labute approximate surface area is 139 Å². The van der Waals surface area contributed by atoms with E-state index in [0.717, 1.165) is 0 Å². The minimum Gasteiger partial charge on any atom is -0.493 e. The van der Waals surface area contributed by atoms with Crippen LogP contribution in [0.25, 0.3) is 0 Å². The van der Waals surface area contributed by atoms with E-state index >= 15 is 0 Å². The van der Waals surface area contributed by atoms with E-state index < -0.39 is 5.97 Å². The molecule has 2 aromatic carbocycles. The Bertz CT molecular complexity index is 716. The van der Waals surface area contributed by atoms with Gasteiger partial charge in [-0.15, -0.1) is 0 Å². The molecular weight excluding hydrogens is 312 g/mol. The number of ether oxygens (including phenoxy) is 3. The van der Waals surface area contributed by atoms with Gasteiger partial charge in [-0.05, 0) is 30.3 Å². The van der Waals surface area contributed by atoms with Gasteiger partial charge in [-0.1, -0.05) is 23.4 Å². The SMILES string of the molecule is COc1ccc(C(N)=NOC(=O)COc2ccccc2)cc1OC. The number of hydrogen-bond donors (Lipinski definition) is 1. The van der Waals surface area contributed by atoms with Crippen LogP contribution >= 0.6 is 0 Å². The molecule has 0 aliphatic heterocycles. The zero-order chi connectivity index (χ0) is 17.4. The van der Waals surface area contributed by atoms with Crippen molar-refractivity contribution in [2.75, 3.05) is 20.8 Å². The van der Waals surface area contributed by atoms with E-state index in [9.17, 15) is 4.79 Å². The molecule has 24 heavy (non-hydrogen) atoms. The van der Waals surface area contributed by atoms with Crippen LogP contribution in [0, 0.1) is 0 Å². The molecule has 2 N–H and O–H groups in total. The monoisotopic (exact) mass is 330 g/mol. The van der Waals surface area contributed by atoms with Gasteiger partial charge in [0.2, 0.25) is 0 Å². The average Bonchev–Trinajstić information content (AvgIpc) is 2.64. The molecule has 0 spiro atoms. The Hall–Kier alpha value is -3.22. The molecule has 0 heterocycles. The van der Waals surface area contributed by atoms with Gasteiger partial charge >= 0.3 is 5.97 Å². The van der Waals surface area contributed by atoms with E-state index in [2.05, 4.69) is 5.16 Å². The number of amidine groups is 1. The maximum Gasteiger partial charge on any atom is 0.372 e. The first kappa shape index (κ1) is 17.1. The van der Waals surface area contributed by atoms with Gasteiger partial charge < -0.3 is 24.8 Å². The van der Waals surface area contributed by atoms with E-state index in [-0.39, 0.29) is 12.4 Å². The summed E-state index contributed by atoms with van der Waals surface area (Å²) >= 11 is 0. The van der Waals surface area contributed by atoms with Crippen LogP contribution in [0.3, 0.4) is 0 Å². The number of nitrogens with zero attached hydrogens (tertiary/aromatic N) is 1. The first-order valence-electron chi connectivity index (χ1n) is 7.07. The third kappa shape index (κ3) is 4.64. The number of carbonyl (C=O) groups excluding carboxylic acids is 1. The highest BCUT2D eigenvalue weighted by Gasteiger charge is 2.09. The van der Waals surface area contributed by atoms with Gasteiger partial charge in [-0.25, -0.2) is 4.79 Å². The Balaban J connectivity index is 1.94. The molecule has 0 unspecified atom stereocenters. The van der Waals surface area contributed by atoms with Crippen molar-refractivity contribution in [1.29, 1.82) is 0 Å². The van der Waals surface area contributed by atoms with Crippen LogP contribution in [-0.4, -0.2) is 32.6 Å². The van der Waals surface area contributed by atoms with Crippen molar-refractivity contribution < 1.29 is 23.8 Å². The zero-order valence-electron chi connectivity index (χ0n) is 13.4. The molecular formula is C17H18N2O5. The lowest BCUT2D eigenvalue weighted by Gasteiger charge is -2.09. The molecule has 2 aromatic rings. The van der Waals surface area contributed by atoms with Crippen LogP contribution in [0.1, 0.15) is 5.56 Å². The summed E-state index contributed by atoms with van der Waals surface area (Å²) in [6.07, 6.45) is 0. The minimum atomic E-state index is -0.665. The van der Waals surface area contributed by atoms with Gasteiger partial charge in [0.15, 0.2) is 23.9 Å². The fourth-order valence-corrected chi connectivity index (χ4v) is 1.83. The number of nitrogens with two attached hydrogens (primary N) is 1. The summed E-state index contributed by atoms with van der Waals surface area (Å²) in [5.41, 5.74) is 6.33. The lowest BCUT2D eigenvalue weighted by Crippen LogP contribution is -2.18. The number of methoxy groups -OCH3 is 2. The van der Waals surface area contributed by atoms with Crippen molar-refractivity contribution in [3.8, 4) is 17.2 Å². The second-order valence-corrected chi connectivity index (χ2v) is 4.61. The van der Waals surface area contributed by atoms with Crippen LogP contribution in [-0.2, 0) is 9.63 Å². The van der Waals surface area contributed by atoms with Crippen molar-refractivity contribution in [3.63, 3.8) is 0 Å². The number of carbonyl (C=O) groups is 1. The average molecular weight is 330 g/mol. The molecule has 0 aliphatic rings. The zero-order valence-corrected chi connectivity index (χ0v) is 13.4. The van der Waals surface area contributed by atoms with Crippen molar-refractivity contribution in [3.05, 3.63) is 54.1 Å². The molecule has 0 saturated heterocycles. The first-order chi connectivity index (χ1) is 11.6. The lowest BCUT2D eigenvalue weighted by molar-refractivity contribution is -0.146. The van der Waals surface area contributed by atoms with E-state index in [0.29, 0.717) is 22.8 Å². The number of rotatable bonds is 7. The second kappa shape index (κ2) is 8.42. The van der Waals surface area contributed by atoms with Crippen molar-refractivity contribution in [2.24, 2.45) is 10.9 Å². The number of benzene rings is 2. The Kier molecular flexibility index (Phi) is 6.01. The van der Waals surface area contributed by atoms with Crippen LogP contribution < -0.4 is 19.9 Å². The molecule has 0 fully saturated rings. The van der Waals surface area contributed by atoms with Gasteiger partial charge in [0.1, 0.15) is 5.75 Å². The van der Waals surface area contributed by atoms with Crippen molar-refractivity contribution in [2.45, 2.75) is 0 Å². The van der Waals surface area contributed by atoms with Crippen LogP contribution in [0.4, 0.5) is 0 Å². The van der Waals surface area contributed by atoms with E-state index in [1.54, 1.807) is 42.5 Å². The molecule has 0 amide bonds. The molecule has 7 nitrogen and oxygen atoms in total. The van der Waals surface area contributed by atoms with Gasteiger partial charge in [-0.2, -0.15) is 0 Å². The lowest BCUT2D eigenvalue weighted by atomic mass is 10.2. The molecule has 7 heteroatoms. The molecule has 0 aliphatic carbocycles. The summed E-state index contributed by atoms with van der Waals surface area (Å²) in [6.45, 7) is -0.271. The maximum atomic E-state index is 11.6. The predicted molar refractivity (Wildman–Crippen MR) is 88.3 cm³/mol. The Morgan fingerprint density at radius 2 is 1.75 bits per heavy atom. The van der Waals surface area contributed by atoms with Gasteiger partial charge in [-0.3, -0.25) is 0 Å². The van der Waals surface area contributed by atoms with Crippen LogP contribution in [0.15, 0.2) is 53.7 Å². The van der Waals surface area contributed by atoms with E-state index in [4.69, 9.17) is 24.8 Å². The quantitative estimate of drug-likeness (QED) is 0.361. The van der Waals surface area contributed by atoms with Crippen LogP contribution in [0.5, 0.6) is 17.2 Å². The first-order valence-corrected chi connectivity index (χ1v) is 7.07. The summed E-state index contributed by atoms with van der Waals surface area (Å²) in [4.78, 5) is 16.4. The molecule has 0 bridgehead atoms. The number of hydrogen-bond acceptors (Lipinski definition) is 6. The summed E-state index contributed by atoms with van der Waals surface area (Å²) in [7, 11) is 3.04. The minimum absolute atomic E-state index is 0.0315. The fraction of sp³-hybridized carbons (Fsp3) is 0.176. The van der Waals surface area contributed by atoms with Crippen LogP contribution in [0.2, 0.25) is 0 Å². The van der Waals surface area contributed by atoms with Gasteiger partial charge in [0.05, 0.1) is 14.2 Å². The summed E-state index contributed by atoms with van der Waals surface area (Å²) in [5.74, 6) is 0.978. The van der Waals surface area contributed by atoms with Crippen molar-refractivity contribution in [1.82, 2.24) is 0 Å². The molecule has 126 valence electrons. The third-order valence-corrected chi connectivity index (χ3v) is 3.03. The Morgan fingerprint density at radius 1 is 1.04 bits per heavy atom. The van der Waals surface area contributed by atoms with Crippen molar-refractivity contribution >= 4 is 11.8 Å². The standard InChI is InChI=1S/C17H18N2O5/c1-21-14-9-8-12(10-15(14)22-2)17(18)19-24-16(20)11-23-13-6-4-3-5-7-13/h3-10H,11H2,1-2H3,(H2,18,19). The summed E-state index contributed by atoms with van der Waals surface area (Å²) < 4.78 is 15.6. The predicted octanol–water partition coefficient (Wildman–Crippen LogP) is 1.95. The van der Waals surface area contributed by atoms with E-state index in [1.807, 2.05) is 6.07 Å². The van der Waals surface area contributed by atoms with Gasteiger partial charge in [0, 0.05) is 5.56 Å². The highest BCUT2D eigenvalue weighted by atomic mass is 16.7.